The Morgan fingerprint density at radius 1 is 1.45 bits per heavy atom. The predicted molar refractivity (Wildman–Crippen MR) is 76.1 cm³/mol. The summed E-state index contributed by atoms with van der Waals surface area (Å²) in [7, 11) is 1.82. The molecular formula is C14H23N3O3. The monoisotopic (exact) mass is 281 g/mol. The van der Waals surface area contributed by atoms with E-state index in [4.69, 9.17) is 10.2 Å². The molecule has 0 aliphatic carbocycles. The number of rotatable bonds is 7. The van der Waals surface area contributed by atoms with Crippen molar-refractivity contribution >= 4 is 11.8 Å². The fourth-order valence-corrected chi connectivity index (χ4v) is 1.66. The average Bonchev–Trinajstić information content (AvgIpc) is 2.89. The minimum Gasteiger partial charge on any atom is -0.459 e. The summed E-state index contributed by atoms with van der Waals surface area (Å²) in [5.74, 6) is -0.333. The molecule has 1 atom stereocenters. The number of amides is 2. The number of nitrogens with one attached hydrogen (secondary N) is 1. The van der Waals surface area contributed by atoms with Crippen LogP contribution in [-0.2, 0) is 4.79 Å². The van der Waals surface area contributed by atoms with Crippen LogP contribution in [0.1, 0.15) is 30.8 Å². The first-order valence-corrected chi connectivity index (χ1v) is 6.72. The quantitative estimate of drug-likeness (QED) is 0.773. The van der Waals surface area contributed by atoms with E-state index in [2.05, 4.69) is 19.2 Å². The molecular weight excluding hydrogens is 258 g/mol. The standard InChI is InChI=1S/C14H23N3O3/c1-10(2)11(15)6-7-17(3)9-13(18)16-14(19)12-5-4-8-20-12/h4-5,8,10-11H,6-7,9,15H2,1-3H3,(H,16,18,19). The van der Waals surface area contributed by atoms with Crippen molar-refractivity contribution in [2.45, 2.75) is 26.3 Å². The van der Waals surface area contributed by atoms with E-state index in [1.807, 2.05) is 11.9 Å². The lowest BCUT2D eigenvalue weighted by molar-refractivity contribution is -0.121. The van der Waals surface area contributed by atoms with Crippen LogP contribution in [0, 0.1) is 5.92 Å². The summed E-state index contributed by atoms with van der Waals surface area (Å²) in [6.07, 6.45) is 2.20. The Balaban J connectivity index is 2.29. The number of imide groups is 1. The highest BCUT2D eigenvalue weighted by molar-refractivity contribution is 6.03. The summed E-state index contributed by atoms with van der Waals surface area (Å²) in [6, 6.07) is 3.22. The van der Waals surface area contributed by atoms with Crippen LogP contribution < -0.4 is 11.1 Å². The summed E-state index contributed by atoms with van der Waals surface area (Å²) >= 11 is 0. The zero-order chi connectivity index (χ0) is 15.1. The highest BCUT2D eigenvalue weighted by atomic mass is 16.3. The molecule has 3 N–H and O–H groups in total. The van der Waals surface area contributed by atoms with Gasteiger partial charge in [0, 0.05) is 6.04 Å². The SMILES string of the molecule is CC(C)C(N)CCN(C)CC(=O)NC(=O)c1ccco1. The van der Waals surface area contributed by atoms with Gasteiger partial charge in [-0.05, 0) is 38.1 Å². The number of likely N-dealkylation sites (N-methyl/N-ethyl adjacent to an activating group) is 1. The maximum Gasteiger partial charge on any atom is 0.293 e. The first kappa shape index (κ1) is 16.4. The molecule has 0 saturated heterocycles. The fraction of sp³-hybridized carbons (Fsp3) is 0.571. The molecule has 6 nitrogen and oxygen atoms in total. The van der Waals surface area contributed by atoms with Gasteiger partial charge in [0.15, 0.2) is 5.76 Å². The van der Waals surface area contributed by atoms with Gasteiger partial charge < -0.3 is 10.2 Å². The first-order valence-electron chi connectivity index (χ1n) is 6.72. The first-order chi connectivity index (χ1) is 9.40. The highest BCUT2D eigenvalue weighted by Gasteiger charge is 2.15. The summed E-state index contributed by atoms with van der Waals surface area (Å²) in [5.41, 5.74) is 5.95. The molecule has 0 saturated carbocycles. The maximum absolute atomic E-state index is 11.7. The van der Waals surface area contributed by atoms with E-state index in [0.29, 0.717) is 12.5 Å². The second-order valence-corrected chi connectivity index (χ2v) is 5.29. The molecule has 0 spiro atoms. The number of furan rings is 1. The topological polar surface area (TPSA) is 88.6 Å². The van der Waals surface area contributed by atoms with Crippen molar-refractivity contribution in [3.05, 3.63) is 24.2 Å². The van der Waals surface area contributed by atoms with Gasteiger partial charge in [0.2, 0.25) is 5.91 Å². The van der Waals surface area contributed by atoms with Crippen molar-refractivity contribution in [3.63, 3.8) is 0 Å². The molecule has 0 aliphatic heterocycles. The Labute approximate surface area is 119 Å². The van der Waals surface area contributed by atoms with Crippen LogP contribution in [0.25, 0.3) is 0 Å². The van der Waals surface area contributed by atoms with E-state index < -0.39 is 5.91 Å². The molecule has 0 radical (unpaired) electrons. The molecule has 112 valence electrons. The molecule has 1 aromatic heterocycles. The van der Waals surface area contributed by atoms with Gasteiger partial charge in [-0.1, -0.05) is 13.8 Å². The van der Waals surface area contributed by atoms with Gasteiger partial charge in [0.25, 0.3) is 5.91 Å². The lowest BCUT2D eigenvalue weighted by atomic mass is 10.0. The third kappa shape index (κ3) is 5.54. The molecule has 1 rings (SSSR count). The van der Waals surface area contributed by atoms with Gasteiger partial charge in [-0.3, -0.25) is 19.8 Å². The molecule has 0 fully saturated rings. The number of nitrogens with zero attached hydrogens (tertiary/aromatic N) is 1. The summed E-state index contributed by atoms with van der Waals surface area (Å²) in [4.78, 5) is 25.1. The summed E-state index contributed by atoms with van der Waals surface area (Å²) in [5, 5.41) is 2.28. The van der Waals surface area contributed by atoms with E-state index in [9.17, 15) is 9.59 Å². The Morgan fingerprint density at radius 3 is 2.70 bits per heavy atom. The Kier molecular flexibility index (Phi) is 6.41. The lowest BCUT2D eigenvalue weighted by Crippen LogP contribution is -2.40. The largest absolute Gasteiger partial charge is 0.459 e. The van der Waals surface area contributed by atoms with Gasteiger partial charge >= 0.3 is 0 Å². The van der Waals surface area contributed by atoms with E-state index in [1.165, 1.54) is 12.3 Å². The minimum absolute atomic E-state index is 0.116. The number of hydrogen-bond acceptors (Lipinski definition) is 5. The lowest BCUT2D eigenvalue weighted by Gasteiger charge is -2.20. The molecule has 0 aromatic carbocycles. The minimum atomic E-state index is -0.521. The third-order valence-electron chi connectivity index (χ3n) is 3.11. The second-order valence-electron chi connectivity index (χ2n) is 5.29. The van der Waals surface area contributed by atoms with Crippen LogP contribution in [0.5, 0.6) is 0 Å². The van der Waals surface area contributed by atoms with Gasteiger partial charge in [-0.15, -0.1) is 0 Å². The predicted octanol–water partition coefficient (Wildman–Crippen LogP) is 0.841. The summed E-state index contributed by atoms with van der Waals surface area (Å²) in [6.45, 7) is 5.00. The van der Waals surface area contributed by atoms with E-state index in [1.54, 1.807) is 6.07 Å². The van der Waals surface area contributed by atoms with Gasteiger partial charge in [-0.25, -0.2) is 0 Å². The fourth-order valence-electron chi connectivity index (χ4n) is 1.66. The van der Waals surface area contributed by atoms with Gasteiger partial charge in [0.1, 0.15) is 0 Å². The van der Waals surface area contributed by atoms with Crippen molar-refractivity contribution in [2.75, 3.05) is 20.1 Å². The van der Waals surface area contributed by atoms with Crippen LogP contribution in [0.15, 0.2) is 22.8 Å². The van der Waals surface area contributed by atoms with Crippen LogP contribution >= 0.6 is 0 Å². The molecule has 2 amide bonds. The number of nitrogens with two attached hydrogens (primary N) is 1. The van der Waals surface area contributed by atoms with E-state index >= 15 is 0 Å². The Morgan fingerprint density at radius 2 is 2.15 bits per heavy atom. The van der Waals surface area contributed by atoms with Crippen molar-refractivity contribution < 1.29 is 14.0 Å². The zero-order valence-electron chi connectivity index (χ0n) is 12.3. The molecule has 20 heavy (non-hydrogen) atoms. The normalized spacial score (nSPS) is 12.7. The van der Waals surface area contributed by atoms with Crippen LogP contribution in [-0.4, -0.2) is 42.9 Å². The average molecular weight is 281 g/mol. The molecule has 1 heterocycles. The molecule has 0 aliphatic rings. The van der Waals surface area contributed by atoms with Crippen molar-refractivity contribution in [1.82, 2.24) is 10.2 Å². The van der Waals surface area contributed by atoms with Crippen LogP contribution in [0.4, 0.5) is 0 Å². The molecule has 1 unspecified atom stereocenters. The smallest absolute Gasteiger partial charge is 0.293 e. The second kappa shape index (κ2) is 7.81. The van der Waals surface area contributed by atoms with Crippen molar-refractivity contribution in [3.8, 4) is 0 Å². The van der Waals surface area contributed by atoms with Crippen LogP contribution in [0.3, 0.4) is 0 Å². The summed E-state index contributed by atoms with van der Waals surface area (Å²) < 4.78 is 4.91. The highest BCUT2D eigenvalue weighted by Crippen LogP contribution is 2.03. The van der Waals surface area contributed by atoms with Crippen molar-refractivity contribution in [1.29, 1.82) is 0 Å². The molecule has 1 aromatic rings. The molecule has 0 bridgehead atoms. The molecule has 6 heteroatoms. The Hall–Kier alpha value is -1.66. The number of hydrogen-bond donors (Lipinski definition) is 2. The number of carbonyl (C=O) groups is 2. The number of carbonyl (C=O) groups excluding carboxylic acids is 2. The van der Waals surface area contributed by atoms with Gasteiger partial charge in [0.05, 0.1) is 12.8 Å². The van der Waals surface area contributed by atoms with E-state index in [-0.39, 0.29) is 24.3 Å². The zero-order valence-corrected chi connectivity index (χ0v) is 12.3. The van der Waals surface area contributed by atoms with E-state index in [0.717, 1.165) is 6.42 Å². The maximum atomic E-state index is 11.7. The third-order valence-corrected chi connectivity index (χ3v) is 3.11. The van der Waals surface area contributed by atoms with Crippen LogP contribution in [0.2, 0.25) is 0 Å². The Bertz CT molecular complexity index is 429. The van der Waals surface area contributed by atoms with Crippen molar-refractivity contribution in [2.24, 2.45) is 11.7 Å². The van der Waals surface area contributed by atoms with Gasteiger partial charge in [-0.2, -0.15) is 0 Å².